The molecule has 7 aromatic rings. The van der Waals surface area contributed by atoms with Gasteiger partial charge in [0.2, 0.25) is 0 Å². The van der Waals surface area contributed by atoms with Crippen molar-refractivity contribution in [2.45, 2.75) is 19.6 Å². The molecule has 0 spiro atoms. The molecule has 0 N–H and O–H groups in total. The van der Waals surface area contributed by atoms with E-state index >= 15 is 0 Å². The lowest BCUT2D eigenvalue weighted by Crippen LogP contribution is -1.98. The van der Waals surface area contributed by atoms with Crippen molar-refractivity contribution in [3.8, 4) is 0 Å². The molecule has 0 nitrogen and oxygen atoms in total. The van der Waals surface area contributed by atoms with Crippen LogP contribution in [0.5, 0.6) is 0 Å². The fourth-order valence-corrected chi connectivity index (χ4v) is 8.00. The molecule has 0 heterocycles. The van der Waals surface area contributed by atoms with Gasteiger partial charge in [-0.2, -0.15) is 0 Å². The Kier molecular flexibility index (Phi) is 4.26. The predicted molar refractivity (Wildman–Crippen MR) is 154 cm³/mol. The molecular weight excluding hydrogens is 558 g/mol. The van der Waals surface area contributed by atoms with Crippen LogP contribution in [0.4, 0.5) is 0 Å². The third-order valence-electron chi connectivity index (χ3n) is 6.63. The van der Waals surface area contributed by atoms with Crippen LogP contribution in [0.25, 0.3) is 64.6 Å². The minimum absolute atomic E-state index is 0.356. The fraction of sp³-hybridized carbons (Fsp3) is 0. The standard InChI is InChI=1S/C24H8Cl4S4/c25-17-6-3-1-5-2-4-7-10-8(5)9(6)11-13-12(10)16(23(31)21(7)29)24(32)22(30)15(13)20(28)19(27)14(11)18(17)26/h1-4,29-32H. The van der Waals surface area contributed by atoms with Crippen LogP contribution < -0.4 is 0 Å². The summed E-state index contributed by atoms with van der Waals surface area (Å²) in [6.45, 7) is 0. The second-order valence-corrected chi connectivity index (χ2v) is 11.3. The molecule has 0 aliphatic heterocycles. The van der Waals surface area contributed by atoms with Crippen LogP contribution >= 0.6 is 96.9 Å². The van der Waals surface area contributed by atoms with Gasteiger partial charge in [-0.05, 0) is 21.5 Å². The molecule has 0 saturated carbocycles. The molecule has 0 aromatic heterocycles. The van der Waals surface area contributed by atoms with Gasteiger partial charge in [-0.15, -0.1) is 50.5 Å². The highest BCUT2D eigenvalue weighted by atomic mass is 35.5. The van der Waals surface area contributed by atoms with Gasteiger partial charge >= 0.3 is 0 Å². The van der Waals surface area contributed by atoms with E-state index in [1.165, 1.54) is 0 Å². The van der Waals surface area contributed by atoms with Crippen molar-refractivity contribution in [3.63, 3.8) is 0 Å². The van der Waals surface area contributed by atoms with E-state index < -0.39 is 0 Å². The van der Waals surface area contributed by atoms with E-state index in [2.05, 4.69) is 18.2 Å². The first-order valence-electron chi connectivity index (χ1n) is 9.47. The highest BCUT2D eigenvalue weighted by Gasteiger charge is 2.30. The van der Waals surface area contributed by atoms with E-state index in [1.807, 2.05) is 6.07 Å². The van der Waals surface area contributed by atoms with Gasteiger partial charge in [0, 0.05) is 62.7 Å². The normalized spacial score (nSPS) is 13.0. The third kappa shape index (κ3) is 2.14. The summed E-state index contributed by atoms with van der Waals surface area (Å²) in [5.41, 5.74) is 0. The molecule has 8 heteroatoms. The zero-order valence-corrected chi connectivity index (χ0v) is 22.2. The SMILES string of the molecule is Sc1c(S)c2c(S)c(S)c3c(Cl)c(Cl)c4c(Cl)c(Cl)c5ccc6ccc1c1c6c5c4c3c21. The summed E-state index contributed by atoms with van der Waals surface area (Å²) in [7, 11) is 0. The Bertz CT molecular complexity index is 1830. The van der Waals surface area contributed by atoms with Gasteiger partial charge in [0.25, 0.3) is 0 Å². The Morgan fingerprint density at radius 3 is 1.56 bits per heavy atom. The van der Waals surface area contributed by atoms with Crippen molar-refractivity contribution in [2.24, 2.45) is 0 Å². The fourth-order valence-electron chi connectivity index (χ4n) is 5.37. The summed E-state index contributed by atoms with van der Waals surface area (Å²) in [5, 5.41) is 12.9. The number of rotatable bonds is 0. The maximum absolute atomic E-state index is 6.87. The molecule has 0 unspecified atom stereocenters. The van der Waals surface area contributed by atoms with Crippen molar-refractivity contribution in [1.29, 1.82) is 0 Å². The molecule has 0 amide bonds. The zero-order valence-electron chi connectivity index (χ0n) is 15.6. The lowest BCUT2D eigenvalue weighted by Gasteiger charge is -2.26. The Morgan fingerprint density at radius 2 is 0.844 bits per heavy atom. The van der Waals surface area contributed by atoms with Crippen LogP contribution in [-0.4, -0.2) is 0 Å². The second kappa shape index (κ2) is 6.56. The molecule has 156 valence electrons. The quantitative estimate of drug-likeness (QED) is 0.0784. The minimum Gasteiger partial charge on any atom is -0.142 e. The highest BCUT2D eigenvalue weighted by molar-refractivity contribution is 7.84. The lowest BCUT2D eigenvalue weighted by molar-refractivity contribution is 1.30. The van der Waals surface area contributed by atoms with Gasteiger partial charge in [-0.25, -0.2) is 0 Å². The summed E-state index contributed by atoms with van der Waals surface area (Å²) < 4.78 is 0. The Balaban J connectivity index is 2.11. The molecule has 0 aliphatic carbocycles. The van der Waals surface area contributed by atoms with Crippen LogP contribution in [0.15, 0.2) is 43.8 Å². The van der Waals surface area contributed by atoms with Crippen molar-refractivity contribution in [2.75, 3.05) is 0 Å². The highest BCUT2D eigenvalue weighted by Crippen LogP contribution is 2.58. The molecule has 0 aliphatic rings. The molecule has 7 aromatic carbocycles. The largest absolute Gasteiger partial charge is 0.142 e. The number of hydrogen-bond acceptors (Lipinski definition) is 4. The number of benzene rings is 7. The van der Waals surface area contributed by atoms with Gasteiger partial charge in [0.15, 0.2) is 0 Å². The van der Waals surface area contributed by atoms with E-state index in [0.29, 0.717) is 35.3 Å². The summed E-state index contributed by atoms with van der Waals surface area (Å²) in [6, 6.07) is 8.26. The van der Waals surface area contributed by atoms with E-state index in [-0.39, 0.29) is 0 Å². The Labute approximate surface area is 223 Å². The van der Waals surface area contributed by atoms with Crippen molar-refractivity contribution >= 4 is 162 Å². The summed E-state index contributed by atoms with van der Waals surface area (Å²) in [6.07, 6.45) is 0. The third-order valence-corrected chi connectivity index (χ3v) is 10.5. The van der Waals surface area contributed by atoms with Crippen molar-refractivity contribution in [1.82, 2.24) is 0 Å². The van der Waals surface area contributed by atoms with Crippen LogP contribution in [0.2, 0.25) is 20.1 Å². The molecular formula is C24H8Cl4S4. The smallest absolute Gasteiger partial charge is 0.0693 e. The first kappa shape index (κ1) is 20.8. The summed E-state index contributed by atoms with van der Waals surface area (Å²) >= 11 is 46.7. The van der Waals surface area contributed by atoms with Crippen LogP contribution in [0.3, 0.4) is 0 Å². The van der Waals surface area contributed by atoms with Gasteiger partial charge in [0.1, 0.15) is 0 Å². The maximum atomic E-state index is 6.87. The number of halogens is 4. The van der Waals surface area contributed by atoms with Gasteiger partial charge < -0.3 is 0 Å². The van der Waals surface area contributed by atoms with E-state index in [1.54, 1.807) is 0 Å². The van der Waals surface area contributed by atoms with E-state index in [0.717, 1.165) is 69.0 Å². The molecule has 0 bridgehead atoms. The maximum Gasteiger partial charge on any atom is 0.0693 e. The van der Waals surface area contributed by atoms with Gasteiger partial charge in [-0.1, -0.05) is 70.7 Å². The van der Waals surface area contributed by atoms with Crippen LogP contribution in [-0.2, 0) is 0 Å². The molecule has 32 heavy (non-hydrogen) atoms. The summed E-state index contributed by atoms with van der Waals surface area (Å²) in [4.78, 5) is 2.85. The molecule has 0 fully saturated rings. The van der Waals surface area contributed by atoms with Gasteiger partial charge in [0.05, 0.1) is 20.1 Å². The Hall–Kier alpha value is -0.560. The topological polar surface area (TPSA) is 0 Å². The average Bonchev–Trinajstić information content (AvgIpc) is 2.78. The van der Waals surface area contributed by atoms with Crippen LogP contribution in [0.1, 0.15) is 0 Å². The molecule has 0 atom stereocenters. The minimum atomic E-state index is 0.356. The second-order valence-electron chi connectivity index (χ2n) is 7.97. The average molecular weight is 566 g/mol. The van der Waals surface area contributed by atoms with Crippen molar-refractivity contribution < 1.29 is 0 Å². The molecule has 7 rings (SSSR count). The van der Waals surface area contributed by atoms with E-state index in [4.69, 9.17) is 96.9 Å². The van der Waals surface area contributed by atoms with Crippen molar-refractivity contribution in [3.05, 3.63) is 44.4 Å². The monoisotopic (exact) mass is 564 g/mol. The first-order chi connectivity index (χ1) is 15.3. The van der Waals surface area contributed by atoms with Gasteiger partial charge in [-0.3, -0.25) is 0 Å². The number of thiol groups is 4. The first-order valence-corrected chi connectivity index (χ1v) is 12.8. The predicted octanol–water partition coefficient (Wildman–Crippen LogP) is 10.7. The molecule has 0 radical (unpaired) electrons. The molecule has 0 saturated heterocycles. The Morgan fingerprint density at radius 1 is 0.375 bits per heavy atom. The zero-order chi connectivity index (χ0) is 22.4. The van der Waals surface area contributed by atoms with E-state index in [9.17, 15) is 0 Å². The number of hydrogen-bond donors (Lipinski definition) is 4. The van der Waals surface area contributed by atoms with Crippen LogP contribution in [0, 0.1) is 0 Å². The lowest BCUT2D eigenvalue weighted by atomic mass is 9.82. The summed E-state index contributed by atoms with van der Waals surface area (Å²) in [5.74, 6) is 0.